The van der Waals surface area contributed by atoms with Crippen LogP contribution in [0.3, 0.4) is 0 Å². The van der Waals surface area contributed by atoms with E-state index in [9.17, 15) is 19.8 Å². The van der Waals surface area contributed by atoms with E-state index in [0.29, 0.717) is 0 Å². The molecule has 0 rings (SSSR count). The second-order valence-electron chi connectivity index (χ2n) is 6.15. The van der Waals surface area contributed by atoms with Crippen molar-refractivity contribution in [1.29, 1.82) is 0 Å². The predicted molar refractivity (Wildman–Crippen MR) is 127 cm³/mol. The molecule has 0 aromatic rings. The maximum atomic E-state index is 10.2. The van der Waals surface area contributed by atoms with Crippen LogP contribution in [0.1, 0.15) is 53.4 Å². The van der Waals surface area contributed by atoms with Gasteiger partial charge in [0.1, 0.15) is 0 Å². The summed E-state index contributed by atoms with van der Waals surface area (Å²) in [6.45, 7) is 8.00. The van der Waals surface area contributed by atoms with Gasteiger partial charge in [0, 0.05) is 34.3 Å². The van der Waals surface area contributed by atoms with Crippen LogP contribution in [0.15, 0.2) is 0 Å². The molecule has 0 radical (unpaired) electrons. The van der Waals surface area contributed by atoms with E-state index in [1.54, 1.807) is 22.7 Å². The average Bonchev–Trinajstić information content (AvgIpc) is 2.55. The minimum atomic E-state index is -1.08. The molecule has 0 spiro atoms. The monoisotopic (exact) mass is 564 g/mol. The quantitative estimate of drug-likeness (QED) is 0.167. The number of hydrogen-bond donors (Lipinski definition) is 4. The van der Waals surface area contributed by atoms with Gasteiger partial charge in [0.05, 0.1) is 0 Å². The molecule has 0 heterocycles. The molecule has 4 nitrogen and oxygen atoms in total. The molecule has 160 valence electrons. The molecular formula is C18H36O4S4Sn. The molecule has 0 aromatic carbocycles. The van der Waals surface area contributed by atoms with Crippen LogP contribution in [0, 0.1) is 11.8 Å². The fourth-order valence-electron chi connectivity index (χ4n) is 1.58. The number of aliphatic carboxylic acids is 2. The van der Waals surface area contributed by atoms with Gasteiger partial charge in [-0.2, -0.15) is 50.5 Å². The predicted octanol–water partition coefficient (Wildman–Crippen LogP) is 2.33. The van der Waals surface area contributed by atoms with Crippen LogP contribution in [0.4, 0.5) is 0 Å². The van der Waals surface area contributed by atoms with Gasteiger partial charge in [-0.15, -0.1) is 0 Å². The van der Waals surface area contributed by atoms with E-state index in [-0.39, 0.29) is 43.1 Å². The summed E-state index contributed by atoms with van der Waals surface area (Å²) < 4.78 is 3.25. The van der Waals surface area contributed by atoms with Gasteiger partial charge in [0.15, 0.2) is 0 Å². The number of rotatable bonds is 12. The fourth-order valence-corrected chi connectivity index (χ4v) is 7.45. The summed E-state index contributed by atoms with van der Waals surface area (Å²) in [5.74, 6) is -2.67. The van der Waals surface area contributed by atoms with Gasteiger partial charge in [0.2, 0.25) is 0 Å². The minimum absolute atomic E-state index is 0.149. The van der Waals surface area contributed by atoms with Crippen molar-refractivity contribution < 1.29 is 19.8 Å². The first-order valence-corrected chi connectivity index (χ1v) is 15.6. The molecule has 0 bridgehead atoms. The Balaban J connectivity index is -0.000000320. The second-order valence-corrected chi connectivity index (χ2v) is 12.8. The summed E-state index contributed by atoms with van der Waals surface area (Å²) in [5.41, 5.74) is 0. The standard InChI is InChI=1S/2C5H10O2S2.2C4H9.Sn/c2*1-3(9)4(2-8)5(6)7;2*1-3-4-2;/h2*3-4,8-9H,2H2,1H3,(H,6,7);2*1,3-4H2,2H3;/q;;;;+2/p-2. The number of carbonyl (C=O) groups excluding carboxylic acids is 2. The Labute approximate surface area is 198 Å². The summed E-state index contributed by atoms with van der Waals surface area (Å²) in [4.78, 5) is 20.3. The third-order valence-electron chi connectivity index (χ3n) is 3.58. The Morgan fingerprint density at radius 3 is 1.22 bits per heavy atom. The molecule has 0 aliphatic rings. The number of carboxylic acids is 2. The van der Waals surface area contributed by atoms with Gasteiger partial charge >= 0.3 is 69.5 Å². The zero-order chi connectivity index (χ0) is 21.8. The number of unbranched alkanes of at least 4 members (excludes halogenated alkanes) is 2. The third-order valence-corrected chi connectivity index (χ3v) is 9.12. The van der Waals surface area contributed by atoms with Crippen LogP contribution in [0.5, 0.6) is 0 Å². The number of thiol groups is 4. The van der Waals surface area contributed by atoms with Crippen LogP contribution in [-0.4, -0.2) is 55.1 Å². The SMILES string of the molecule is CC(S)C(CS)C(=O)[O-].CC(S)C(CS)C(=O)[O-].CCC[CH2][Sn+2][CH2]CCC. The van der Waals surface area contributed by atoms with Crippen molar-refractivity contribution >= 4 is 83.6 Å². The van der Waals surface area contributed by atoms with Crippen molar-refractivity contribution in [3.63, 3.8) is 0 Å². The molecule has 4 atom stereocenters. The molecule has 0 aliphatic carbocycles. The van der Waals surface area contributed by atoms with Crippen LogP contribution >= 0.6 is 50.5 Å². The van der Waals surface area contributed by atoms with Crippen molar-refractivity contribution in [2.45, 2.75) is 72.8 Å². The summed E-state index contributed by atoms with van der Waals surface area (Å²) in [6, 6.07) is 0. The normalized spacial score (nSPS) is 14.2. The zero-order valence-electron chi connectivity index (χ0n) is 16.9. The second kappa shape index (κ2) is 23.4. The molecule has 9 heteroatoms. The van der Waals surface area contributed by atoms with Gasteiger partial charge < -0.3 is 19.8 Å². The summed E-state index contributed by atoms with van der Waals surface area (Å²) >= 11 is 15.7. The number of carbonyl (C=O) groups is 2. The molecular weight excluding hydrogens is 527 g/mol. The molecule has 27 heavy (non-hydrogen) atoms. The van der Waals surface area contributed by atoms with Crippen molar-refractivity contribution in [2.24, 2.45) is 11.8 Å². The Kier molecular flexibility index (Phi) is 28.4. The molecule has 0 saturated heterocycles. The van der Waals surface area contributed by atoms with Gasteiger partial charge in [0.25, 0.3) is 0 Å². The molecule has 4 unspecified atom stereocenters. The van der Waals surface area contributed by atoms with Gasteiger partial charge in [-0.3, -0.25) is 0 Å². The van der Waals surface area contributed by atoms with E-state index in [1.165, 1.54) is 25.7 Å². The van der Waals surface area contributed by atoms with Crippen molar-refractivity contribution in [1.82, 2.24) is 0 Å². The van der Waals surface area contributed by atoms with Crippen LogP contribution in [0.2, 0.25) is 8.87 Å². The molecule has 0 amide bonds. The molecule has 0 aromatic heterocycles. The Hall–Kier alpha value is 1.14. The summed E-state index contributed by atoms with van der Waals surface area (Å²) in [5, 5.41) is 20.0. The molecule has 0 saturated carbocycles. The summed E-state index contributed by atoms with van der Waals surface area (Å²) in [7, 11) is 0. The zero-order valence-corrected chi connectivity index (χ0v) is 23.3. The first kappa shape index (κ1) is 32.8. The first-order chi connectivity index (χ1) is 12.6. The van der Waals surface area contributed by atoms with Crippen molar-refractivity contribution in [2.75, 3.05) is 11.5 Å². The molecule has 0 fully saturated rings. The van der Waals surface area contributed by atoms with E-state index >= 15 is 0 Å². The van der Waals surface area contributed by atoms with Gasteiger partial charge in [-0.25, -0.2) is 0 Å². The average molecular weight is 563 g/mol. The number of carboxylic acid groups (broad SMARTS) is 2. The maximum absolute atomic E-state index is 10.2. The Morgan fingerprint density at radius 2 is 1.11 bits per heavy atom. The van der Waals surface area contributed by atoms with Crippen molar-refractivity contribution in [3.05, 3.63) is 0 Å². The van der Waals surface area contributed by atoms with E-state index < -0.39 is 23.8 Å². The third kappa shape index (κ3) is 23.3. The topological polar surface area (TPSA) is 80.3 Å². The molecule has 0 N–H and O–H groups in total. The van der Waals surface area contributed by atoms with E-state index in [1.807, 2.05) is 0 Å². The first-order valence-electron chi connectivity index (χ1n) is 9.30. The van der Waals surface area contributed by atoms with E-state index in [4.69, 9.17) is 0 Å². The number of hydrogen-bond acceptors (Lipinski definition) is 8. The van der Waals surface area contributed by atoms with Gasteiger partial charge in [-0.1, -0.05) is 13.8 Å². The van der Waals surface area contributed by atoms with E-state index in [2.05, 4.69) is 64.4 Å². The fraction of sp³-hybridized carbons (Fsp3) is 0.889. The Morgan fingerprint density at radius 1 is 0.815 bits per heavy atom. The van der Waals surface area contributed by atoms with Crippen molar-refractivity contribution in [3.8, 4) is 0 Å². The van der Waals surface area contributed by atoms with Crippen LogP contribution in [0.25, 0.3) is 0 Å². The van der Waals surface area contributed by atoms with Gasteiger partial charge in [-0.05, 0) is 11.5 Å². The Bertz CT molecular complexity index is 326. The van der Waals surface area contributed by atoms with Crippen LogP contribution < -0.4 is 10.2 Å². The molecule has 0 aliphatic heterocycles. The van der Waals surface area contributed by atoms with Crippen LogP contribution in [-0.2, 0) is 9.59 Å². The summed E-state index contributed by atoms with van der Waals surface area (Å²) in [6.07, 6.45) is 5.84. The van der Waals surface area contributed by atoms with E-state index in [0.717, 1.165) is 0 Å².